The van der Waals surface area contributed by atoms with Crippen LogP contribution in [0.2, 0.25) is 5.02 Å². The van der Waals surface area contributed by atoms with E-state index in [1.165, 1.54) is 18.2 Å². The number of alkyl halides is 3. The minimum Gasteiger partial charge on any atom is -0.481 e. The highest BCUT2D eigenvalue weighted by Gasteiger charge is 2.30. The largest absolute Gasteiger partial charge is 0.481 e. The number of hydrogen-bond acceptors (Lipinski definition) is 1. The van der Waals surface area contributed by atoms with Gasteiger partial charge in [0.1, 0.15) is 0 Å². The summed E-state index contributed by atoms with van der Waals surface area (Å²) in [6.45, 7) is 3.50. The van der Waals surface area contributed by atoms with E-state index in [1.807, 2.05) is 0 Å². The van der Waals surface area contributed by atoms with Crippen LogP contribution in [0.5, 0.6) is 0 Å². The third kappa shape index (κ3) is 4.27. The van der Waals surface area contributed by atoms with Gasteiger partial charge < -0.3 is 5.11 Å². The second-order valence-electron chi connectivity index (χ2n) is 4.70. The summed E-state index contributed by atoms with van der Waals surface area (Å²) >= 11 is 5.78. The van der Waals surface area contributed by atoms with Gasteiger partial charge in [-0.15, -0.1) is 0 Å². The molecule has 0 saturated carbocycles. The van der Waals surface area contributed by atoms with E-state index in [9.17, 15) is 18.0 Å². The van der Waals surface area contributed by atoms with Crippen molar-refractivity contribution in [3.8, 4) is 0 Å². The first-order valence-corrected chi connectivity index (χ1v) is 6.28. The van der Waals surface area contributed by atoms with Crippen LogP contribution >= 0.6 is 11.6 Å². The molecule has 0 amide bonds. The van der Waals surface area contributed by atoms with Gasteiger partial charge in [-0.25, -0.2) is 0 Å². The number of hydrogen-bond donors (Lipinski definition) is 1. The molecule has 2 nitrogen and oxygen atoms in total. The zero-order chi connectivity index (χ0) is 15.5. The van der Waals surface area contributed by atoms with E-state index < -0.39 is 23.6 Å². The predicted octanol–water partition coefficient (Wildman–Crippen LogP) is 4.73. The first-order valence-electron chi connectivity index (χ1n) is 5.90. The Hall–Kier alpha value is -1.49. The Balaban J connectivity index is 3.02. The molecule has 1 aromatic rings. The lowest BCUT2D eigenvalue weighted by Gasteiger charge is -2.12. The molecular weight excluding hydrogens is 293 g/mol. The zero-order valence-electron chi connectivity index (χ0n) is 10.9. The van der Waals surface area contributed by atoms with Gasteiger partial charge in [-0.3, -0.25) is 4.79 Å². The second kappa shape index (κ2) is 6.31. The Morgan fingerprint density at radius 3 is 2.35 bits per heavy atom. The van der Waals surface area contributed by atoms with E-state index in [4.69, 9.17) is 16.7 Å². The van der Waals surface area contributed by atoms with Gasteiger partial charge in [0.2, 0.25) is 0 Å². The van der Waals surface area contributed by atoms with Crippen LogP contribution in [-0.4, -0.2) is 11.1 Å². The first-order chi connectivity index (χ1) is 9.12. The lowest BCUT2D eigenvalue weighted by Crippen LogP contribution is -2.16. The molecular formula is C14H14ClF3O2. The maximum Gasteiger partial charge on any atom is 0.416 e. The molecule has 0 saturated heterocycles. The molecule has 0 heterocycles. The molecule has 0 bridgehead atoms. The molecule has 1 aromatic carbocycles. The van der Waals surface area contributed by atoms with Crippen molar-refractivity contribution in [2.75, 3.05) is 0 Å². The minimum absolute atomic E-state index is 0.0658. The van der Waals surface area contributed by atoms with Gasteiger partial charge in [0.25, 0.3) is 0 Å². The Labute approximate surface area is 119 Å². The normalized spacial score (nSPS) is 13.9. The van der Waals surface area contributed by atoms with Crippen LogP contribution in [0.25, 0.3) is 6.08 Å². The van der Waals surface area contributed by atoms with Crippen molar-refractivity contribution in [1.82, 2.24) is 0 Å². The second-order valence-corrected chi connectivity index (χ2v) is 5.11. The summed E-state index contributed by atoms with van der Waals surface area (Å²) in [5.74, 6) is -1.83. The minimum atomic E-state index is -4.45. The summed E-state index contributed by atoms with van der Waals surface area (Å²) in [5, 5.41) is 8.94. The SMILES string of the molecule is CC(C)C(/C=C/c1ccc(C(F)(F)F)cc1Cl)C(=O)O. The van der Waals surface area contributed by atoms with Crippen LogP contribution in [0.4, 0.5) is 13.2 Å². The van der Waals surface area contributed by atoms with Gasteiger partial charge in [-0.1, -0.05) is 43.7 Å². The number of carboxylic acid groups (broad SMARTS) is 1. The van der Waals surface area contributed by atoms with Crippen molar-refractivity contribution >= 4 is 23.6 Å². The van der Waals surface area contributed by atoms with Gasteiger partial charge in [-0.05, 0) is 23.6 Å². The topological polar surface area (TPSA) is 37.3 Å². The van der Waals surface area contributed by atoms with Gasteiger partial charge >= 0.3 is 12.1 Å². The summed E-state index contributed by atoms with van der Waals surface area (Å²) < 4.78 is 37.4. The van der Waals surface area contributed by atoms with Crippen molar-refractivity contribution in [3.63, 3.8) is 0 Å². The predicted molar refractivity (Wildman–Crippen MR) is 71.5 cm³/mol. The number of aliphatic carboxylic acids is 1. The Kier molecular flexibility index (Phi) is 5.22. The number of rotatable bonds is 4. The van der Waals surface area contributed by atoms with E-state index in [-0.39, 0.29) is 10.9 Å². The number of carboxylic acids is 1. The lowest BCUT2D eigenvalue weighted by molar-refractivity contribution is -0.141. The van der Waals surface area contributed by atoms with Crippen molar-refractivity contribution in [3.05, 3.63) is 40.4 Å². The molecule has 20 heavy (non-hydrogen) atoms. The maximum atomic E-state index is 12.5. The average molecular weight is 307 g/mol. The fourth-order valence-corrected chi connectivity index (χ4v) is 1.88. The molecule has 0 radical (unpaired) electrons. The summed E-state index contributed by atoms with van der Waals surface area (Å²) in [5.41, 5.74) is -0.482. The molecule has 1 atom stereocenters. The number of halogens is 4. The van der Waals surface area contributed by atoms with Crippen LogP contribution in [-0.2, 0) is 11.0 Å². The summed E-state index contributed by atoms with van der Waals surface area (Å²) in [4.78, 5) is 11.0. The highest BCUT2D eigenvalue weighted by molar-refractivity contribution is 6.32. The van der Waals surface area contributed by atoms with Crippen molar-refractivity contribution < 1.29 is 23.1 Å². The van der Waals surface area contributed by atoms with E-state index in [1.54, 1.807) is 13.8 Å². The van der Waals surface area contributed by atoms with Crippen LogP contribution in [0.1, 0.15) is 25.0 Å². The van der Waals surface area contributed by atoms with Crippen molar-refractivity contribution in [1.29, 1.82) is 0 Å². The molecule has 1 unspecified atom stereocenters. The summed E-state index contributed by atoms with van der Waals surface area (Å²) in [6.07, 6.45) is -1.59. The standard InChI is InChI=1S/C14H14ClF3O2/c1-8(2)11(13(19)20)6-4-9-3-5-10(7-12(9)15)14(16,17)18/h3-8,11H,1-2H3,(H,19,20)/b6-4+. The quantitative estimate of drug-likeness (QED) is 0.873. The Bertz CT molecular complexity index is 522. The molecule has 0 aliphatic heterocycles. The van der Waals surface area contributed by atoms with Gasteiger partial charge in [-0.2, -0.15) is 13.2 Å². The monoisotopic (exact) mass is 306 g/mol. The molecule has 6 heteroatoms. The first kappa shape index (κ1) is 16.6. The molecule has 0 aliphatic carbocycles. The molecule has 1 rings (SSSR count). The molecule has 110 valence electrons. The van der Waals surface area contributed by atoms with Gasteiger partial charge in [0.15, 0.2) is 0 Å². The molecule has 0 aromatic heterocycles. The average Bonchev–Trinajstić information content (AvgIpc) is 2.28. The Morgan fingerprint density at radius 2 is 1.95 bits per heavy atom. The highest BCUT2D eigenvalue weighted by atomic mass is 35.5. The van der Waals surface area contributed by atoms with E-state index in [2.05, 4.69) is 0 Å². The highest BCUT2D eigenvalue weighted by Crippen LogP contribution is 2.32. The fraction of sp³-hybridized carbons (Fsp3) is 0.357. The molecule has 0 aliphatic rings. The van der Waals surface area contributed by atoms with Gasteiger partial charge in [0, 0.05) is 5.02 Å². The number of benzene rings is 1. The third-order valence-electron chi connectivity index (χ3n) is 2.81. The zero-order valence-corrected chi connectivity index (χ0v) is 11.7. The Morgan fingerprint density at radius 1 is 1.35 bits per heavy atom. The molecule has 1 N–H and O–H groups in total. The lowest BCUT2D eigenvalue weighted by atomic mass is 9.95. The smallest absolute Gasteiger partial charge is 0.416 e. The maximum absolute atomic E-state index is 12.5. The van der Waals surface area contributed by atoms with E-state index in [0.717, 1.165) is 12.1 Å². The van der Waals surface area contributed by atoms with Crippen LogP contribution in [0, 0.1) is 11.8 Å². The third-order valence-corrected chi connectivity index (χ3v) is 3.14. The van der Waals surface area contributed by atoms with E-state index in [0.29, 0.717) is 5.56 Å². The van der Waals surface area contributed by atoms with Crippen molar-refractivity contribution in [2.45, 2.75) is 20.0 Å². The summed E-state index contributed by atoms with van der Waals surface area (Å²) in [6, 6.07) is 2.96. The molecule has 0 fully saturated rings. The van der Waals surface area contributed by atoms with Crippen molar-refractivity contribution in [2.24, 2.45) is 11.8 Å². The molecule has 0 spiro atoms. The van der Waals surface area contributed by atoms with Crippen LogP contribution in [0.15, 0.2) is 24.3 Å². The van der Waals surface area contributed by atoms with Crippen LogP contribution < -0.4 is 0 Å². The van der Waals surface area contributed by atoms with Crippen LogP contribution in [0.3, 0.4) is 0 Å². The van der Waals surface area contributed by atoms with Gasteiger partial charge in [0.05, 0.1) is 11.5 Å². The number of carbonyl (C=O) groups is 1. The summed E-state index contributed by atoms with van der Waals surface area (Å²) in [7, 11) is 0. The van der Waals surface area contributed by atoms with E-state index >= 15 is 0 Å². The fourth-order valence-electron chi connectivity index (χ4n) is 1.64.